The van der Waals surface area contributed by atoms with Crippen molar-refractivity contribution in [3.05, 3.63) is 91.0 Å². The molecule has 0 amide bonds. The zero-order chi connectivity index (χ0) is 18.7. The minimum atomic E-state index is -2.89. The molecule has 0 radical (unpaired) electrons. The molecule has 3 aromatic rings. The summed E-state index contributed by atoms with van der Waals surface area (Å²) in [6.07, 6.45) is 1.56. The van der Waals surface area contributed by atoms with Gasteiger partial charge in [-0.2, -0.15) is 0 Å². The van der Waals surface area contributed by atoms with E-state index in [4.69, 9.17) is 0 Å². The van der Waals surface area contributed by atoms with Gasteiger partial charge in [0.1, 0.15) is 0 Å². The van der Waals surface area contributed by atoms with Crippen LogP contribution >= 0.6 is 20.8 Å². The summed E-state index contributed by atoms with van der Waals surface area (Å²) in [4.78, 5) is 0. The van der Waals surface area contributed by atoms with Crippen molar-refractivity contribution in [2.45, 2.75) is 25.9 Å². The van der Waals surface area contributed by atoms with Crippen LogP contribution in [0, 0.1) is 0 Å². The number of halogens is 1. The normalized spacial score (nSPS) is 13.8. The van der Waals surface area contributed by atoms with Gasteiger partial charge < -0.3 is 0 Å². The van der Waals surface area contributed by atoms with Crippen LogP contribution in [-0.2, 0) is 0 Å². The molecule has 0 atom stereocenters. The first-order valence-electron chi connectivity index (χ1n) is 8.97. The van der Waals surface area contributed by atoms with Crippen LogP contribution in [0.15, 0.2) is 91.0 Å². The summed E-state index contributed by atoms with van der Waals surface area (Å²) in [5.74, 6) is 0. The Kier molecular flexibility index (Phi) is 5.40. The minimum absolute atomic E-state index is 0.703. The fourth-order valence-corrected chi connectivity index (χ4v) is 11.2. The molecular formula is C23H26BrOP. The van der Waals surface area contributed by atoms with E-state index in [1.54, 1.807) is 0 Å². The van der Waals surface area contributed by atoms with Crippen molar-refractivity contribution in [1.82, 2.24) is 0 Å². The number of hydrogen-bond acceptors (Lipinski definition) is 1. The third-order valence-corrected chi connectivity index (χ3v) is 15.0. The van der Waals surface area contributed by atoms with E-state index in [2.05, 4.69) is 106 Å². The van der Waals surface area contributed by atoms with Crippen LogP contribution in [0.1, 0.15) is 20.3 Å². The van der Waals surface area contributed by atoms with Crippen molar-refractivity contribution in [2.24, 2.45) is 0 Å². The van der Waals surface area contributed by atoms with Crippen LogP contribution in [-0.4, -0.2) is 16.9 Å². The fraction of sp³-hybridized carbons (Fsp3) is 0.217. The van der Waals surface area contributed by atoms with Crippen LogP contribution < -0.4 is 15.9 Å². The van der Waals surface area contributed by atoms with Crippen LogP contribution in [0.5, 0.6) is 0 Å². The Morgan fingerprint density at radius 3 is 1.27 bits per heavy atom. The van der Waals surface area contributed by atoms with E-state index in [0.717, 1.165) is 6.16 Å². The first-order chi connectivity index (χ1) is 12.3. The number of aliphatic hydroxyl groups is 1. The summed E-state index contributed by atoms with van der Waals surface area (Å²) < 4.78 is 0. The van der Waals surface area contributed by atoms with E-state index in [9.17, 15) is 5.11 Å². The molecule has 0 bridgehead atoms. The van der Waals surface area contributed by atoms with Crippen molar-refractivity contribution < 1.29 is 5.11 Å². The molecule has 0 aliphatic carbocycles. The third kappa shape index (κ3) is 3.51. The average Bonchev–Trinajstić information content (AvgIpc) is 2.68. The monoisotopic (exact) mass is 428 g/mol. The Morgan fingerprint density at radius 2 is 1.00 bits per heavy atom. The van der Waals surface area contributed by atoms with Gasteiger partial charge in [0, 0.05) is 0 Å². The Morgan fingerprint density at radius 1 is 0.692 bits per heavy atom. The van der Waals surface area contributed by atoms with Crippen LogP contribution in [0.4, 0.5) is 0 Å². The summed E-state index contributed by atoms with van der Waals surface area (Å²) in [6, 6.07) is 32.1. The van der Waals surface area contributed by atoms with E-state index in [1.807, 2.05) is 13.8 Å². The van der Waals surface area contributed by atoms with E-state index in [0.29, 0.717) is 6.42 Å². The number of benzene rings is 3. The second-order valence-electron chi connectivity index (χ2n) is 7.48. The zero-order valence-electron chi connectivity index (χ0n) is 15.3. The van der Waals surface area contributed by atoms with Crippen LogP contribution in [0.3, 0.4) is 0 Å². The van der Waals surface area contributed by atoms with Gasteiger partial charge in [-0.3, -0.25) is 0 Å². The van der Waals surface area contributed by atoms with Crippen molar-refractivity contribution >= 4 is 36.7 Å². The Balaban J connectivity index is 2.35. The molecule has 1 nitrogen and oxygen atoms in total. The van der Waals surface area contributed by atoms with Gasteiger partial charge in [0.05, 0.1) is 0 Å². The SMILES string of the molecule is CC(C)(O)CCP(Br)(c1ccccc1)(c1ccccc1)c1ccccc1. The molecular weight excluding hydrogens is 403 g/mol. The Hall–Kier alpha value is -1.47. The second kappa shape index (κ2) is 7.27. The Bertz CT molecular complexity index is 742. The maximum absolute atomic E-state index is 10.5. The standard InChI is InChI=1S/C23H26BrOP/c1-23(2,25)18-19-26(24,20-12-6-3-7-13-20,21-14-8-4-9-15-21)22-16-10-5-11-17-22/h3-17,25H,18-19H2,1-2H3. The molecule has 0 aliphatic heterocycles. The average molecular weight is 429 g/mol. The molecule has 3 heteroatoms. The first-order valence-corrected chi connectivity index (χ1v) is 13.4. The predicted octanol–water partition coefficient (Wildman–Crippen LogP) is 4.99. The molecule has 3 rings (SSSR count). The maximum atomic E-state index is 10.5. The summed E-state index contributed by atoms with van der Waals surface area (Å²) >= 11 is 4.39. The molecule has 0 saturated carbocycles. The molecule has 3 aromatic carbocycles. The molecule has 0 unspecified atom stereocenters. The van der Waals surface area contributed by atoms with E-state index in [-0.39, 0.29) is 0 Å². The van der Waals surface area contributed by atoms with Crippen molar-refractivity contribution in [3.63, 3.8) is 0 Å². The van der Waals surface area contributed by atoms with Gasteiger partial charge in [0.2, 0.25) is 0 Å². The van der Waals surface area contributed by atoms with E-state index >= 15 is 0 Å². The topological polar surface area (TPSA) is 20.2 Å². The molecule has 0 heterocycles. The predicted molar refractivity (Wildman–Crippen MR) is 120 cm³/mol. The molecule has 0 aliphatic rings. The molecule has 0 aromatic heterocycles. The van der Waals surface area contributed by atoms with Gasteiger partial charge >= 0.3 is 165 Å². The number of hydrogen-bond donors (Lipinski definition) is 1. The van der Waals surface area contributed by atoms with Gasteiger partial charge in [-0.05, 0) is 0 Å². The van der Waals surface area contributed by atoms with Gasteiger partial charge in [0.15, 0.2) is 0 Å². The van der Waals surface area contributed by atoms with Crippen LogP contribution in [0.25, 0.3) is 0 Å². The van der Waals surface area contributed by atoms with E-state index in [1.165, 1.54) is 15.9 Å². The molecule has 26 heavy (non-hydrogen) atoms. The van der Waals surface area contributed by atoms with Gasteiger partial charge in [-0.25, -0.2) is 0 Å². The zero-order valence-corrected chi connectivity index (χ0v) is 17.8. The summed E-state index contributed by atoms with van der Waals surface area (Å²) in [6.45, 7) is 3.78. The molecule has 0 spiro atoms. The van der Waals surface area contributed by atoms with Gasteiger partial charge in [-0.1, -0.05) is 0 Å². The summed E-state index contributed by atoms with van der Waals surface area (Å²) in [5.41, 5.74) is -0.727. The van der Waals surface area contributed by atoms with Crippen molar-refractivity contribution in [2.75, 3.05) is 6.16 Å². The number of rotatable bonds is 6. The molecule has 1 N–H and O–H groups in total. The quantitative estimate of drug-likeness (QED) is 0.548. The third-order valence-electron chi connectivity index (χ3n) is 5.03. The molecule has 0 saturated heterocycles. The van der Waals surface area contributed by atoms with Crippen LogP contribution in [0.2, 0.25) is 0 Å². The second-order valence-corrected chi connectivity index (χ2v) is 16.5. The first kappa shape index (κ1) is 19.3. The van der Waals surface area contributed by atoms with Crippen molar-refractivity contribution in [3.8, 4) is 0 Å². The molecule has 136 valence electrons. The van der Waals surface area contributed by atoms with E-state index < -0.39 is 10.9 Å². The summed E-state index contributed by atoms with van der Waals surface area (Å²) in [5, 5.41) is 11.5. The summed E-state index contributed by atoms with van der Waals surface area (Å²) in [7, 11) is 0. The van der Waals surface area contributed by atoms with Gasteiger partial charge in [-0.15, -0.1) is 0 Å². The fourth-order valence-electron chi connectivity index (χ4n) is 3.53. The van der Waals surface area contributed by atoms with Gasteiger partial charge in [0.25, 0.3) is 0 Å². The molecule has 0 fully saturated rings. The Labute approximate surface area is 164 Å². The van der Waals surface area contributed by atoms with Crippen molar-refractivity contribution in [1.29, 1.82) is 0 Å².